The summed E-state index contributed by atoms with van der Waals surface area (Å²) in [4.78, 5) is 28.2. The maximum absolute atomic E-state index is 14.2. The van der Waals surface area contributed by atoms with Crippen LogP contribution in [-0.2, 0) is 9.59 Å². The van der Waals surface area contributed by atoms with E-state index in [0.29, 0.717) is 11.8 Å². The van der Waals surface area contributed by atoms with Crippen molar-refractivity contribution in [2.75, 3.05) is 18.0 Å². The van der Waals surface area contributed by atoms with Crippen molar-refractivity contribution in [1.82, 2.24) is 4.90 Å². The third-order valence-electron chi connectivity index (χ3n) is 4.80. The Labute approximate surface area is 136 Å². The van der Waals surface area contributed by atoms with Crippen molar-refractivity contribution >= 4 is 17.5 Å². The van der Waals surface area contributed by atoms with E-state index in [1.54, 1.807) is 13.0 Å². The highest BCUT2D eigenvalue weighted by Crippen LogP contribution is 2.31. The van der Waals surface area contributed by atoms with Crippen molar-refractivity contribution in [3.63, 3.8) is 0 Å². The minimum Gasteiger partial charge on any atom is -0.291 e. The van der Waals surface area contributed by atoms with Gasteiger partial charge >= 0.3 is 0 Å². The average Bonchev–Trinajstić information content (AvgIpc) is 2.74. The molecule has 2 amide bonds. The van der Waals surface area contributed by atoms with Crippen molar-refractivity contribution < 1.29 is 14.0 Å². The second-order valence-electron chi connectivity index (χ2n) is 7.14. The summed E-state index contributed by atoms with van der Waals surface area (Å²) in [5, 5.41) is 0. The van der Waals surface area contributed by atoms with Gasteiger partial charge in [-0.3, -0.25) is 14.5 Å². The minimum absolute atomic E-state index is 0.0752. The predicted molar refractivity (Wildman–Crippen MR) is 86.6 cm³/mol. The van der Waals surface area contributed by atoms with E-state index in [0.717, 1.165) is 30.0 Å². The van der Waals surface area contributed by atoms with Gasteiger partial charge in [-0.1, -0.05) is 19.9 Å². The van der Waals surface area contributed by atoms with Crippen LogP contribution in [0.4, 0.5) is 10.1 Å². The van der Waals surface area contributed by atoms with Crippen LogP contribution in [0.3, 0.4) is 0 Å². The monoisotopic (exact) mass is 318 g/mol. The lowest BCUT2D eigenvalue weighted by Gasteiger charge is -2.37. The van der Waals surface area contributed by atoms with Crippen molar-refractivity contribution in [1.29, 1.82) is 0 Å². The summed E-state index contributed by atoms with van der Waals surface area (Å²) < 4.78 is 14.2. The molecule has 0 radical (unpaired) electrons. The van der Waals surface area contributed by atoms with E-state index >= 15 is 0 Å². The molecule has 0 spiro atoms. The maximum Gasteiger partial charge on any atom is 0.251 e. The van der Waals surface area contributed by atoms with Gasteiger partial charge in [-0.2, -0.15) is 0 Å². The normalized spacial score (nSPS) is 29.4. The smallest absolute Gasteiger partial charge is 0.251 e. The Hall–Kier alpha value is -1.75. The van der Waals surface area contributed by atoms with Gasteiger partial charge in [-0.25, -0.2) is 9.29 Å². The van der Waals surface area contributed by atoms with E-state index in [1.165, 1.54) is 12.1 Å². The van der Waals surface area contributed by atoms with Crippen LogP contribution in [0.15, 0.2) is 18.2 Å². The number of rotatable bonds is 2. The molecule has 124 valence electrons. The Bertz CT molecular complexity index is 636. The molecule has 5 heteroatoms. The first-order valence-electron chi connectivity index (χ1n) is 8.23. The molecule has 2 heterocycles. The number of benzene rings is 1. The summed E-state index contributed by atoms with van der Waals surface area (Å²) in [6.07, 6.45) is 1.28. The van der Waals surface area contributed by atoms with E-state index in [9.17, 15) is 14.0 Å². The highest BCUT2D eigenvalue weighted by Gasteiger charge is 2.44. The molecule has 0 saturated carbocycles. The van der Waals surface area contributed by atoms with E-state index in [1.807, 2.05) is 0 Å². The number of nitrogens with zero attached hydrogens (tertiary/aromatic N) is 2. The first-order chi connectivity index (χ1) is 10.9. The number of amides is 2. The number of likely N-dealkylation sites (tertiary alicyclic amines) is 1. The number of carbonyl (C=O) groups is 2. The lowest BCUT2D eigenvalue weighted by molar-refractivity contribution is -0.123. The van der Waals surface area contributed by atoms with Crippen LogP contribution in [0.5, 0.6) is 0 Å². The molecular weight excluding hydrogens is 295 g/mol. The minimum atomic E-state index is -0.521. The van der Waals surface area contributed by atoms with Crippen LogP contribution in [0.1, 0.15) is 32.3 Å². The molecule has 1 aromatic carbocycles. The number of halogens is 1. The van der Waals surface area contributed by atoms with Crippen LogP contribution in [0.25, 0.3) is 0 Å². The van der Waals surface area contributed by atoms with Gasteiger partial charge in [-0.05, 0) is 42.9 Å². The van der Waals surface area contributed by atoms with Gasteiger partial charge in [-0.15, -0.1) is 0 Å². The molecule has 23 heavy (non-hydrogen) atoms. The number of imide groups is 1. The molecule has 2 aliphatic heterocycles. The van der Waals surface area contributed by atoms with Crippen molar-refractivity contribution in [3.05, 3.63) is 29.6 Å². The summed E-state index contributed by atoms with van der Waals surface area (Å²) in [5.74, 6) is -0.112. The molecule has 1 aromatic rings. The molecule has 4 nitrogen and oxygen atoms in total. The Balaban J connectivity index is 1.85. The number of anilines is 1. The van der Waals surface area contributed by atoms with Crippen molar-refractivity contribution in [3.8, 4) is 0 Å². The van der Waals surface area contributed by atoms with Gasteiger partial charge in [0.15, 0.2) is 0 Å². The lowest BCUT2D eigenvalue weighted by atomic mass is 9.90. The summed E-state index contributed by atoms with van der Waals surface area (Å²) >= 11 is 0. The molecule has 3 atom stereocenters. The summed E-state index contributed by atoms with van der Waals surface area (Å²) in [6.45, 7) is 7.75. The highest BCUT2D eigenvalue weighted by atomic mass is 19.1. The Morgan fingerprint density at radius 2 is 1.78 bits per heavy atom. The summed E-state index contributed by atoms with van der Waals surface area (Å²) in [5.41, 5.74) is 0.840. The third kappa shape index (κ3) is 3.02. The van der Waals surface area contributed by atoms with Crippen molar-refractivity contribution in [2.45, 2.75) is 39.7 Å². The summed E-state index contributed by atoms with van der Waals surface area (Å²) in [7, 11) is 0. The lowest BCUT2D eigenvalue weighted by Crippen LogP contribution is -2.48. The van der Waals surface area contributed by atoms with Crippen LogP contribution in [0.2, 0.25) is 0 Å². The number of hydrogen-bond acceptors (Lipinski definition) is 3. The molecule has 3 unspecified atom stereocenters. The van der Waals surface area contributed by atoms with E-state index in [4.69, 9.17) is 0 Å². The second-order valence-corrected chi connectivity index (χ2v) is 7.14. The number of piperidine rings is 1. The molecular formula is C18H23FN2O2. The fourth-order valence-corrected chi connectivity index (χ4v) is 3.91. The molecule has 0 bridgehead atoms. The number of carbonyl (C=O) groups excluding carboxylic acids is 2. The highest BCUT2D eigenvalue weighted by molar-refractivity contribution is 6.22. The molecule has 2 fully saturated rings. The standard InChI is InChI=1S/C18H23FN2O2/c1-11-4-5-15(14(19)7-11)21-17(22)8-16(18(21)23)20-9-12(2)6-13(3)10-20/h4-5,7,12-13,16H,6,8-10H2,1-3H3. The average molecular weight is 318 g/mol. The van der Waals surface area contributed by atoms with Crippen LogP contribution in [-0.4, -0.2) is 35.8 Å². The largest absolute Gasteiger partial charge is 0.291 e. The third-order valence-corrected chi connectivity index (χ3v) is 4.80. The van der Waals surface area contributed by atoms with Crippen LogP contribution < -0.4 is 4.90 Å². The van der Waals surface area contributed by atoms with Gasteiger partial charge < -0.3 is 0 Å². The fraction of sp³-hybridized carbons (Fsp3) is 0.556. The topological polar surface area (TPSA) is 40.6 Å². The predicted octanol–water partition coefficient (Wildman–Crippen LogP) is 2.74. The molecule has 2 aliphatic rings. The Morgan fingerprint density at radius 1 is 1.13 bits per heavy atom. The Kier molecular flexibility index (Phi) is 4.23. The molecule has 0 aliphatic carbocycles. The fourth-order valence-electron chi connectivity index (χ4n) is 3.91. The SMILES string of the molecule is Cc1ccc(N2C(=O)CC(N3CC(C)CC(C)C3)C2=O)c(F)c1. The zero-order chi connectivity index (χ0) is 16.7. The van der Waals surface area contributed by atoms with Gasteiger partial charge in [0.05, 0.1) is 18.2 Å². The maximum atomic E-state index is 14.2. The Morgan fingerprint density at radius 3 is 2.39 bits per heavy atom. The van der Waals surface area contributed by atoms with Gasteiger partial charge in [0, 0.05) is 13.1 Å². The quantitative estimate of drug-likeness (QED) is 0.787. The summed E-state index contributed by atoms with van der Waals surface area (Å²) in [6, 6.07) is 4.14. The molecule has 2 saturated heterocycles. The molecule has 0 N–H and O–H groups in total. The molecule has 0 aromatic heterocycles. The van der Waals surface area contributed by atoms with Gasteiger partial charge in [0.2, 0.25) is 5.91 Å². The number of hydrogen-bond donors (Lipinski definition) is 0. The zero-order valence-corrected chi connectivity index (χ0v) is 13.9. The van der Waals surface area contributed by atoms with Crippen LogP contribution >= 0.6 is 0 Å². The van der Waals surface area contributed by atoms with Crippen molar-refractivity contribution in [2.24, 2.45) is 11.8 Å². The first-order valence-corrected chi connectivity index (χ1v) is 8.23. The first kappa shape index (κ1) is 16.1. The van der Waals surface area contributed by atoms with E-state index < -0.39 is 11.9 Å². The van der Waals surface area contributed by atoms with E-state index in [2.05, 4.69) is 18.7 Å². The number of aryl methyl sites for hydroxylation is 1. The van der Waals surface area contributed by atoms with Crippen LogP contribution in [0, 0.1) is 24.6 Å². The van der Waals surface area contributed by atoms with Gasteiger partial charge in [0.25, 0.3) is 5.91 Å². The zero-order valence-electron chi connectivity index (χ0n) is 13.9. The van der Waals surface area contributed by atoms with Gasteiger partial charge in [0.1, 0.15) is 5.82 Å². The second kappa shape index (κ2) is 6.04. The molecule has 3 rings (SSSR count). The van der Waals surface area contributed by atoms with E-state index in [-0.39, 0.29) is 23.9 Å².